The molecular weight excluding hydrogens is 368 g/mol. The highest BCUT2D eigenvalue weighted by Gasteiger charge is 2.22. The van der Waals surface area contributed by atoms with E-state index in [0.29, 0.717) is 28.2 Å². The van der Waals surface area contributed by atoms with Crippen LogP contribution in [0.4, 0.5) is 0 Å². The predicted octanol–water partition coefficient (Wildman–Crippen LogP) is 3.14. The molecular formula is C19H19ClN4O3. The zero-order valence-electron chi connectivity index (χ0n) is 15.0. The summed E-state index contributed by atoms with van der Waals surface area (Å²) in [5, 5.41) is 11.5. The van der Waals surface area contributed by atoms with Crippen molar-refractivity contribution in [2.24, 2.45) is 0 Å². The Morgan fingerprint density at radius 3 is 2.74 bits per heavy atom. The van der Waals surface area contributed by atoms with Crippen molar-refractivity contribution in [2.75, 3.05) is 7.11 Å². The molecule has 1 atom stereocenters. The number of hydrogen-bond donors (Lipinski definition) is 1. The number of carbonyl (C=O) groups is 2. The number of halogens is 1. The number of nitrogens with one attached hydrogen (secondary N) is 1. The molecule has 8 heteroatoms. The molecule has 1 amide bonds. The lowest BCUT2D eigenvalue weighted by molar-refractivity contribution is -0.141. The van der Waals surface area contributed by atoms with Crippen LogP contribution in [0.15, 0.2) is 42.5 Å². The topological polar surface area (TPSA) is 86.1 Å². The van der Waals surface area contributed by atoms with E-state index < -0.39 is 12.0 Å². The molecule has 0 spiro atoms. The highest BCUT2D eigenvalue weighted by molar-refractivity contribution is 6.31. The van der Waals surface area contributed by atoms with Crippen LogP contribution in [-0.4, -0.2) is 34.0 Å². The Morgan fingerprint density at radius 1 is 1.26 bits per heavy atom. The van der Waals surface area contributed by atoms with Crippen LogP contribution < -0.4 is 5.32 Å². The quantitative estimate of drug-likeness (QED) is 0.658. The predicted molar refractivity (Wildman–Crippen MR) is 101 cm³/mol. The third-order valence-corrected chi connectivity index (χ3v) is 4.60. The first-order valence-electron chi connectivity index (χ1n) is 8.48. The number of fused-ring (bicyclic) bond motifs is 1. The Bertz CT molecular complexity index is 986. The molecule has 0 saturated heterocycles. The van der Waals surface area contributed by atoms with Crippen LogP contribution in [0.25, 0.3) is 11.0 Å². The molecule has 0 aliphatic carbocycles. The maximum atomic E-state index is 12.8. The first-order valence-corrected chi connectivity index (χ1v) is 8.86. The van der Waals surface area contributed by atoms with Crippen LogP contribution in [0.1, 0.15) is 35.3 Å². The van der Waals surface area contributed by atoms with Crippen molar-refractivity contribution in [3.63, 3.8) is 0 Å². The maximum Gasteiger partial charge on any atom is 0.307 e. The summed E-state index contributed by atoms with van der Waals surface area (Å²) in [4.78, 5) is 24.6. The van der Waals surface area contributed by atoms with Gasteiger partial charge in [-0.25, -0.2) is 4.68 Å². The smallest absolute Gasteiger partial charge is 0.307 e. The van der Waals surface area contributed by atoms with Gasteiger partial charge in [-0.1, -0.05) is 35.0 Å². The molecule has 1 unspecified atom stereocenters. The average molecular weight is 387 g/mol. The third-order valence-electron chi connectivity index (χ3n) is 4.26. The van der Waals surface area contributed by atoms with Crippen LogP contribution in [0.2, 0.25) is 5.02 Å². The number of benzene rings is 2. The van der Waals surface area contributed by atoms with Gasteiger partial charge in [0.1, 0.15) is 5.52 Å². The molecule has 2 aromatic carbocycles. The van der Waals surface area contributed by atoms with Crippen LogP contribution in [0.5, 0.6) is 0 Å². The third kappa shape index (κ3) is 4.09. The van der Waals surface area contributed by atoms with Crippen molar-refractivity contribution in [1.29, 1.82) is 0 Å². The van der Waals surface area contributed by atoms with Gasteiger partial charge in [0.25, 0.3) is 5.91 Å². The first kappa shape index (κ1) is 18.8. The van der Waals surface area contributed by atoms with Crippen LogP contribution in [0.3, 0.4) is 0 Å². The Hall–Kier alpha value is -2.93. The molecule has 140 valence electrons. The van der Waals surface area contributed by atoms with Crippen molar-refractivity contribution < 1.29 is 14.3 Å². The fraction of sp³-hybridized carbons (Fsp3) is 0.263. The van der Waals surface area contributed by atoms with E-state index in [1.807, 2.05) is 6.92 Å². The van der Waals surface area contributed by atoms with Crippen molar-refractivity contribution in [3.05, 3.63) is 58.6 Å². The summed E-state index contributed by atoms with van der Waals surface area (Å²) in [6.45, 7) is 2.66. The number of aromatic nitrogens is 3. The highest BCUT2D eigenvalue weighted by Crippen LogP contribution is 2.26. The van der Waals surface area contributed by atoms with E-state index in [1.165, 1.54) is 7.11 Å². The van der Waals surface area contributed by atoms with Crippen molar-refractivity contribution in [2.45, 2.75) is 25.9 Å². The van der Waals surface area contributed by atoms with E-state index in [2.05, 4.69) is 15.6 Å². The maximum absolute atomic E-state index is 12.8. The molecule has 27 heavy (non-hydrogen) atoms. The van der Waals surface area contributed by atoms with Gasteiger partial charge in [-0.05, 0) is 36.8 Å². The zero-order valence-corrected chi connectivity index (χ0v) is 15.7. The Kier molecular flexibility index (Phi) is 5.71. The van der Waals surface area contributed by atoms with Crippen molar-refractivity contribution in [3.8, 4) is 0 Å². The average Bonchev–Trinajstić information content (AvgIpc) is 3.10. The molecule has 0 fully saturated rings. The zero-order chi connectivity index (χ0) is 19.4. The lowest BCUT2D eigenvalue weighted by Crippen LogP contribution is -2.30. The van der Waals surface area contributed by atoms with Gasteiger partial charge in [0.15, 0.2) is 0 Å². The number of esters is 1. The minimum absolute atomic E-state index is 0.0275. The molecule has 0 bridgehead atoms. The number of rotatable bonds is 6. The molecule has 1 aromatic heterocycles. The number of methoxy groups -OCH3 is 1. The highest BCUT2D eigenvalue weighted by atomic mass is 35.5. The minimum atomic E-state index is -0.610. The van der Waals surface area contributed by atoms with Crippen LogP contribution in [-0.2, 0) is 16.1 Å². The summed E-state index contributed by atoms with van der Waals surface area (Å²) in [6, 6.07) is 11.6. The second kappa shape index (κ2) is 8.18. The van der Waals surface area contributed by atoms with Gasteiger partial charge >= 0.3 is 5.97 Å². The van der Waals surface area contributed by atoms with Gasteiger partial charge in [-0.2, -0.15) is 0 Å². The summed E-state index contributed by atoms with van der Waals surface area (Å²) in [6.07, 6.45) is -0.0275. The van der Waals surface area contributed by atoms with E-state index in [4.69, 9.17) is 16.3 Å². The number of hydrogen-bond acceptors (Lipinski definition) is 5. The molecule has 3 aromatic rings. The van der Waals surface area contributed by atoms with E-state index in [9.17, 15) is 9.59 Å². The Labute approximate surface area is 161 Å². The van der Waals surface area contributed by atoms with Crippen molar-refractivity contribution >= 4 is 34.5 Å². The van der Waals surface area contributed by atoms with Gasteiger partial charge in [0, 0.05) is 17.1 Å². The van der Waals surface area contributed by atoms with Crippen molar-refractivity contribution in [1.82, 2.24) is 20.3 Å². The Morgan fingerprint density at radius 2 is 2.04 bits per heavy atom. The Balaban J connectivity index is 1.87. The summed E-state index contributed by atoms with van der Waals surface area (Å²) in [5.41, 5.74) is 2.56. The second-order valence-electron chi connectivity index (χ2n) is 5.94. The molecule has 0 aliphatic heterocycles. The van der Waals surface area contributed by atoms with Gasteiger partial charge < -0.3 is 10.1 Å². The SMILES string of the molecule is CCn1nnc2cc(C(=O)NC(CC(=O)OC)c3ccccc3Cl)ccc21. The molecule has 0 aliphatic rings. The van der Waals surface area contributed by atoms with E-state index in [0.717, 1.165) is 5.52 Å². The van der Waals surface area contributed by atoms with Crippen LogP contribution in [0, 0.1) is 0 Å². The number of carbonyl (C=O) groups excluding carboxylic acids is 2. The number of ether oxygens (including phenoxy) is 1. The van der Waals surface area contributed by atoms with Gasteiger partial charge in [-0.15, -0.1) is 5.10 Å². The fourth-order valence-corrected chi connectivity index (χ4v) is 3.10. The number of amides is 1. The summed E-state index contributed by atoms with van der Waals surface area (Å²) >= 11 is 6.25. The molecule has 0 radical (unpaired) electrons. The monoisotopic (exact) mass is 386 g/mol. The summed E-state index contributed by atoms with van der Waals surface area (Å²) < 4.78 is 6.50. The lowest BCUT2D eigenvalue weighted by atomic mass is 10.0. The lowest BCUT2D eigenvalue weighted by Gasteiger charge is -2.19. The second-order valence-corrected chi connectivity index (χ2v) is 6.34. The van der Waals surface area contributed by atoms with Gasteiger partial charge in [0.05, 0.1) is 25.1 Å². The van der Waals surface area contributed by atoms with Gasteiger partial charge in [-0.3, -0.25) is 9.59 Å². The molecule has 1 heterocycles. The van der Waals surface area contributed by atoms with Gasteiger partial charge in [0.2, 0.25) is 0 Å². The number of nitrogens with zero attached hydrogens (tertiary/aromatic N) is 3. The van der Waals surface area contributed by atoms with E-state index in [1.54, 1.807) is 47.1 Å². The standard InChI is InChI=1S/C19H19ClN4O3/c1-3-24-17-9-8-12(10-16(17)22-23-24)19(26)21-15(11-18(25)27-2)13-6-4-5-7-14(13)20/h4-10,15H,3,11H2,1-2H3,(H,21,26). The molecule has 0 saturated carbocycles. The van der Waals surface area contributed by atoms with E-state index >= 15 is 0 Å². The summed E-state index contributed by atoms with van der Waals surface area (Å²) in [5.74, 6) is -0.779. The molecule has 3 rings (SSSR count). The van der Waals surface area contributed by atoms with Crippen LogP contribution >= 0.6 is 11.6 Å². The number of aryl methyl sites for hydroxylation is 1. The fourth-order valence-electron chi connectivity index (χ4n) is 2.83. The normalized spacial score (nSPS) is 12.0. The molecule has 7 nitrogen and oxygen atoms in total. The van der Waals surface area contributed by atoms with E-state index in [-0.39, 0.29) is 12.3 Å². The molecule has 1 N–H and O–H groups in total. The minimum Gasteiger partial charge on any atom is -0.469 e. The largest absolute Gasteiger partial charge is 0.469 e. The first-order chi connectivity index (χ1) is 13.0. The summed E-state index contributed by atoms with van der Waals surface area (Å²) in [7, 11) is 1.30.